The van der Waals surface area contributed by atoms with Crippen molar-refractivity contribution in [3.05, 3.63) is 11.7 Å². The molecule has 1 rings (SSSR count). The molecule has 0 fully saturated rings. The maximum atomic E-state index is 11.8. The predicted molar refractivity (Wildman–Crippen MR) is 30.7 cm³/mol. The van der Waals surface area contributed by atoms with E-state index in [1.165, 1.54) is 6.92 Å². The van der Waals surface area contributed by atoms with Crippen molar-refractivity contribution in [2.75, 3.05) is 5.73 Å². The highest BCUT2D eigenvalue weighted by Gasteiger charge is 2.38. The van der Waals surface area contributed by atoms with Crippen LogP contribution in [0, 0.1) is 6.92 Å². The number of halogens is 3. The minimum absolute atomic E-state index is 0.0881. The van der Waals surface area contributed by atoms with E-state index in [1.54, 1.807) is 0 Å². The number of nitrogens with two attached hydrogens (primary N) is 1. The van der Waals surface area contributed by atoms with Crippen LogP contribution in [0.4, 0.5) is 19.0 Å². The van der Waals surface area contributed by atoms with Crippen LogP contribution in [0.5, 0.6) is 0 Å². The van der Waals surface area contributed by atoms with Gasteiger partial charge in [-0.25, -0.2) is 0 Å². The maximum absolute atomic E-state index is 11.8. The number of anilines is 1. The van der Waals surface area contributed by atoms with Gasteiger partial charge in [0, 0.05) is 6.92 Å². The second kappa shape index (κ2) is 2.14. The summed E-state index contributed by atoms with van der Waals surface area (Å²) in [6, 6.07) is 0. The molecule has 0 saturated heterocycles. The van der Waals surface area contributed by atoms with Crippen LogP contribution in [0.2, 0.25) is 0 Å². The molecule has 0 aliphatic heterocycles. The van der Waals surface area contributed by atoms with Crippen molar-refractivity contribution < 1.29 is 17.6 Å². The van der Waals surface area contributed by atoms with Crippen LogP contribution in [0.15, 0.2) is 4.42 Å². The molecule has 6 heteroatoms. The molecule has 3 nitrogen and oxygen atoms in total. The van der Waals surface area contributed by atoms with E-state index in [0.717, 1.165) is 0 Å². The van der Waals surface area contributed by atoms with Crippen molar-refractivity contribution in [1.82, 2.24) is 4.98 Å². The van der Waals surface area contributed by atoms with Crippen LogP contribution in [0.3, 0.4) is 0 Å². The van der Waals surface area contributed by atoms with Gasteiger partial charge in [-0.1, -0.05) is 0 Å². The molecule has 2 N–H and O–H groups in total. The van der Waals surface area contributed by atoms with Crippen LogP contribution >= 0.6 is 0 Å². The number of aryl methyl sites for hydroxylation is 1. The minimum atomic E-state index is -4.55. The largest absolute Gasteiger partial charge is 0.453 e. The average molecular weight is 166 g/mol. The fourth-order valence-corrected chi connectivity index (χ4v) is 0.646. The molecule has 0 saturated carbocycles. The van der Waals surface area contributed by atoms with Crippen molar-refractivity contribution in [2.24, 2.45) is 0 Å². The number of hydrogen-bond acceptors (Lipinski definition) is 3. The average Bonchev–Trinajstić information content (AvgIpc) is 2.08. The lowest BCUT2D eigenvalue weighted by Crippen LogP contribution is -2.06. The SMILES string of the molecule is Cc1nc(N)c(C(F)(F)F)o1. The van der Waals surface area contributed by atoms with Gasteiger partial charge in [0.2, 0.25) is 0 Å². The first-order chi connectivity index (χ1) is 4.91. The van der Waals surface area contributed by atoms with Gasteiger partial charge in [0.25, 0.3) is 5.76 Å². The number of nitrogens with zero attached hydrogens (tertiary/aromatic N) is 1. The van der Waals surface area contributed by atoms with Crippen LogP contribution in [-0.4, -0.2) is 4.98 Å². The lowest BCUT2D eigenvalue weighted by Gasteiger charge is -2.00. The lowest BCUT2D eigenvalue weighted by atomic mass is 10.5. The molecule has 0 spiro atoms. The van der Waals surface area contributed by atoms with E-state index in [1.807, 2.05) is 0 Å². The molecule has 0 unspecified atom stereocenters. The van der Waals surface area contributed by atoms with E-state index in [2.05, 4.69) is 9.40 Å². The molecule has 0 amide bonds. The van der Waals surface area contributed by atoms with Gasteiger partial charge in [-0.3, -0.25) is 0 Å². The second-order valence-electron chi connectivity index (χ2n) is 1.95. The fourth-order valence-electron chi connectivity index (χ4n) is 0.646. The standard InChI is InChI=1S/C5H5F3N2O/c1-2-10-4(9)3(11-2)5(6,7)8/h9H2,1H3. The zero-order valence-corrected chi connectivity index (χ0v) is 5.57. The first-order valence-corrected chi connectivity index (χ1v) is 2.71. The normalized spacial score (nSPS) is 12.0. The van der Waals surface area contributed by atoms with E-state index >= 15 is 0 Å². The summed E-state index contributed by atoms with van der Waals surface area (Å²) in [7, 11) is 0. The van der Waals surface area contributed by atoms with Gasteiger partial charge in [-0.2, -0.15) is 18.2 Å². The first-order valence-electron chi connectivity index (χ1n) is 2.71. The molecule has 0 radical (unpaired) electrons. The summed E-state index contributed by atoms with van der Waals surface area (Å²) in [5.41, 5.74) is 4.90. The van der Waals surface area contributed by atoms with Gasteiger partial charge in [-0.15, -0.1) is 0 Å². The molecule has 0 aliphatic carbocycles. The van der Waals surface area contributed by atoms with Gasteiger partial charge in [0.15, 0.2) is 11.7 Å². The zero-order chi connectivity index (χ0) is 8.65. The van der Waals surface area contributed by atoms with Crippen LogP contribution < -0.4 is 5.73 Å². The molecule has 62 valence electrons. The van der Waals surface area contributed by atoms with Crippen molar-refractivity contribution in [2.45, 2.75) is 13.1 Å². The predicted octanol–water partition coefficient (Wildman–Crippen LogP) is 1.58. The summed E-state index contributed by atoms with van der Waals surface area (Å²) >= 11 is 0. The topological polar surface area (TPSA) is 52.0 Å². The zero-order valence-electron chi connectivity index (χ0n) is 5.57. The minimum Gasteiger partial charge on any atom is -0.434 e. The van der Waals surface area contributed by atoms with Gasteiger partial charge < -0.3 is 10.2 Å². The monoisotopic (exact) mass is 166 g/mol. The summed E-state index contributed by atoms with van der Waals surface area (Å²) < 4.78 is 39.8. The first kappa shape index (κ1) is 7.90. The molecule has 0 aliphatic rings. The number of nitrogen functional groups attached to an aromatic ring is 1. The molecule has 0 aromatic carbocycles. The van der Waals surface area contributed by atoms with E-state index in [-0.39, 0.29) is 5.89 Å². The van der Waals surface area contributed by atoms with Crippen molar-refractivity contribution in [3.8, 4) is 0 Å². The van der Waals surface area contributed by atoms with Crippen LogP contribution in [-0.2, 0) is 6.18 Å². The molecular formula is C5H5F3N2O. The van der Waals surface area contributed by atoms with Gasteiger partial charge >= 0.3 is 6.18 Å². The van der Waals surface area contributed by atoms with Gasteiger partial charge in [0.05, 0.1) is 0 Å². The third-order valence-electron chi connectivity index (χ3n) is 1.02. The van der Waals surface area contributed by atoms with Gasteiger partial charge in [-0.05, 0) is 0 Å². The number of oxazole rings is 1. The number of alkyl halides is 3. The Labute approximate surface area is 60.0 Å². The molecule has 0 bridgehead atoms. The Morgan fingerprint density at radius 1 is 1.45 bits per heavy atom. The van der Waals surface area contributed by atoms with Crippen LogP contribution in [0.25, 0.3) is 0 Å². The summed E-state index contributed by atoms with van der Waals surface area (Å²) in [5.74, 6) is -1.93. The second-order valence-corrected chi connectivity index (χ2v) is 1.95. The Kier molecular flexibility index (Phi) is 1.54. The maximum Gasteiger partial charge on any atom is 0.453 e. The van der Waals surface area contributed by atoms with E-state index in [0.29, 0.717) is 0 Å². The molecular weight excluding hydrogens is 161 g/mol. The molecule has 11 heavy (non-hydrogen) atoms. The number of aromatic nitrogens is 1. The lowest BCUT2D eigenvalue weighted by molar-refractivity contribution is -0.152. The van der Waals surface area contributed by atoms with Crippen molar-refractivity contribution >= 4 is 5.82 Å². The number of hydrogen-bond donors (Lipinski definition) is 1. The third-order valence-corrected chi connectivity index (χ3v) is 1.02. The van der Waals surface area contributed by atoms with E-state index < -0.39 is 17.8 Å². The van der Waals surface area contributed by atoms with Crippen LogP contribution in [0.1, 0.15) is 11.7 Å². The smallest absolute Gasteiger partial charge is 0.434 e. The Hall–Kier alpha value is -1.20. The summed E-state index contributed by atoms with van der Waals surface area (Å²) in [5, 5.41) is 0. The molecule has 1 aromatic heterocycles. The van der Waals surface area contributed by atoms with Gasteiger partial charge in [0.1, 0.15) is 0 Å². The molecule has 0 atom stereocenters. The highest BCUT2D eigenvalue weighted by molar-refractivity contribution is 5.34. The van der Waals surface area contributed by atoms with E-state index in [4.69, 9.17) is 5.73 Å². The van der Waals surface area contributed by atoms with Crippen molar-refractivity contribution in [1.29, 1.82) is 0 Å². The van der Waals surface area contributed by atoms with E-state index in [9.17, 15) is 13.2 Å². The van der Waals surface area contributed by atoms with Crippen molar-refractivity contribution in [3.63, 3.8) is 0 Å². The Bertz CT molecular complexity index is 265. The highest BCUT2D eigenvalue weighted by Crippen LogP contribution is 2.33. The Morgan fingerprint density at radius 2 is 2.00 bits per heavy atom. The molecule has 1 aromatic rings. The summed E-state index contributed by atoms with van der Waals surface area (Å²) in [6.45, 7) is 1.30. The molecule has 1 heterocycles. The number of rotatable bonds is 0. The summed E-state index contributed by atoms with van der Waals surface area (Å²) in [6.07, 6.45) is -4.55. The Morgan fingerprint density at radius 3 is 2.18 bits per heavy atom. The highest BCUT2D eigenvalue weighted by atomic mass is 19.4. The fraction of sp³-hybridized carbons (Fsp3) is 0.400. The Balaban J connectivity index is 3.13. The summed E-state index contributed by atoms with van der Waals surface area (Å²) in [4.78, 5) is 3.27. The quantitative estimate of drug-likeness (QED) is 0.636. The third kappa shape index (κ3) is 1.44.